The number of carboxylic acids is 1. The number of hydrogen-bond donors (Lipinski definition) is 1. The molecule has 0 aromatic carbocycles. The molecule has 3 aromatic rings. The lowest BCUT2D eigenvalue weighted by atomic mass is 10.0. The van der Waals surface area contributed by atoms with E-state index in [0.717, 1.165) is 61.1 Å². The number of piperidine rings is 1. The van der Waals surface area contributed by atoms with Crippen LogP contribution in [-0.4, -0.2) is 63.6 Å². The van der Waals surface area contributed by atoms with E-state index in [1.165, 1.54) is 10.5 Å². The van der Waals surface area contributed by atoms with Gasteiger partial charge in [0.15, 0.2) is 0 Å². The highest BCUT2D eigenvalue weighted by Gasteiger charge is 2.25. The summed E-state index contributed by atoms with van der Waals surface area (Å²) < 4.78 is 1.50. The standard InChI is InChI=1S/C26H33N5O3S/c1-17(2)21-16-35-23(27-21)9-7-18-11-13-31-22(14-18)28-25(20(26(31)34)8-10-24(32)33)30-12-5-6-19(15-30)29(3)4/h8,10-11,13-14,16-17,19H,5-7,9,12,15H2,1-4H3,(H,32,33)/b10-8+. The molecule has 186 valence electrons. The van der Waals surface area contributed by atoms with Gasteiger partial charge >= 0.3 is 5.97 Å². The summed E-state index contributed by atoms with van der Waals surface area (Å²) in [5, 5.41) is 12.4. The van der Waals surface area contributed by atoms with E-state index in [-0.39, 0.29) is 5.56 Å². The fourth-order valence-corrected chi connectivity index (χ4v) is 5.36. The summed E-state index contributed by atoms with van der Waals surface area (Å²) in [6.07, 6.45) is 7.83. The van der Waals surface area contributed by atoms with Gasteiger partial charge in [-0.05, 0) is 63.0 Å². The average molecular weight is 496 g/mol. The van der Waals surface area contributed by atoms with E-state index >= 15 is 0 Å². The van der Waals surface area contributed by atoms with Crippen molar-refractivity contribution in [2.75, 3.05) is 32.1 Å². The summed E-state index contributed by atoms with van der Waals surface area (Å²) in [6, 6.07) is 4.24. The summed E-state index contributed by atoms with van der Waals surface area (Å²) in [6.45, 7) is 5.81. The monoisotopic (exact) mass is 495 g/mol. The number of pyridine rings is 1. The van der Waals surface area contributed by atoms with Crippen molar-refractivity contribution in [3.63, 3.8) is 0 Å². The Morgan fingerprint density at radius 1 is 1.31 bits per heavy atom. The molecule has 1 N–H and O–H groups in total. The molecule has 9 heteroatoms. The van der Waals surface area contributed by atoms with E-state index < -0.39 is 5.97 Å². The number of fused-ring (bicyclic) bond motifs is 1. The van der Waals surface area contributed by atoms with E-state index in [9.17, 15) is 14.7 Å². The number of likely N-dealkylation sites (N-methyl/N-ethyl adjacent to an activating group) is 1. The molecule has 4 rings (SSSR count). The van der Waals surface area contributed by atoms with Crippen molar-refractivity contribution in [2.24, 2.45) is 0 Å². The van der Waals surface area contributed by atoms with Crippen LogP contribution < -0.4 is 10.5 Å². The first kappa shape index (κ1) is 25.1. The SMILES string of the molecule is CC(C)c1csc(CCc2ccn3c(=O)c(/C=C/C(=O)O)c(N4CCCC(N(C)C)C4)nc3c2)n1. The predicted octanol–water partition coefficient (Wildman–Crippen LogP) is 3.69. The third-order valence-electron chi connectivity index (χ3n) is 6.52. The molecule has 0 aliphatic carbocycles. The minimum absolute atomic E-state index is 0.262. The zero-order valence-corrected chi connectivity index (χ0v) is 21.6. The molecule has 4 heterocycles. The van der Waals surface area contributed by atoms with E-state index in [0.29, 0.717) is 29.0 Å². The predicted molar refractivity (Wildman–Crippen MR) is 141 cm³/mol. The van der Waals surface area contributed by atoms with Gasteiger partial charge in [-0.25, -0.2) is 14.8 Å². The number of carboxylic acid groups (broad SMARTS) is 1. The van der Waals surface area contributed by atoms with Crippen molar-refractivity contribution in [2.45, 2.75) is 51.5 Å². The maximum Gasteiger partial charge on any atom is 0.328 e. The fourth-order valence-electron chi connectivity index (χ4n) is 4.40. The molecule has 0 bridgehead atoms. The number of rotatable bonds is 8. The largest absolute Gasteiger partial charge is 0.478 e. The number of aryl methyl sites for hydroxylation is 2. The summed E-state index contributed by atoms with van der Waals surface area (Å²) in [5.41, 5.74) is 2.83. The van der Waals surface area contributed by atoms with Crippen LogP contribution in [0.5, 0.6) is 0 Å². The molecule has 0 saturated carbocycles. The second-order valence-electron chi connectivity index (χ2n) is 9.62. The summed E-state index contributed by atoms with van der Waals surface area (Å²) in [7, 11) is 4.11. The van der Waals surface area contributed by atoms with Gasteiger partial charge in [-0.3, -0.25) is 9.20 Å². The fraction of sp³-hybridized carbons (Fsp3) is 0.462. The molecule has 1 aliphatic heterocycles. The van der Waals surface area contributed by atoms with Gasteiger partial charge in [-0.2, -0.15) is 0 Å². The van der Waals surface area contributed by atoms with E-state index in [4.69, 9.17) is 9.97 Å². The van der Waals surface area contributed by atoms with E-state index in [2.05, 4.69) is 43.1 Å². The first-order chi connectivity index (χ1) is 16.7. The lowest BCUT2D eigenvalue weighted by Gasteiger charge is -2.37. The number of anilines is 1. The maximum absolute atomic E-state index is 13.4. The molecule has 8 nitrogen and oxygen atoms in total. The maximum atomic E-state index is 13.4. The quantitative estimate of drug-likeness (QED) is 0.477. The zero-order valence-electron chi connectivity index (χ0n) is 20.8. The highest BCUT2D eigenvalue weighted by molar-refractivity contribution is 7.09. The number of nitrogens with zero attached hydrogens (tertiary/aromatic N) is 5. The molecule has 1 fully saturated rings. The van der Waals surface area contributed by atoms with Crippen LogP contribution >= 0.6 is 11.3 Å². The Kier molecular flexibility index (Phi) is 7.66. The number of thiazole rings is 1. The van der Waals surface area contributed by atoms with Gasteiger partial charge < -0.3 is 14.9 Å². The van der Waals surface area contributed by atoms with Crippen LogP contribution in [0, 0.1) is 0 Å². The molecule has 3 aromatic heterocycles. The third kappa shape index (κ3) is 5.79. The van der Waals surface area contributed by atoms with Crippen LogP contribution in [0.4, 0.5) is 5.82 Å². The summed E-state index contributed by atoms with van der Waals surface area (Å²) in [5.74, 6) is -0.123. The Morgan fingerprint density at radius 3 is 2.80 bits per heavy atom. The van der Waals surface area contributed by atoms with Crippen LogP contribution in [0.25, 0.3) is 11.7 Å². The van der Waals surface area contributed by atoms with Gasteiger partial charge in [0.05, 0.1) is 16.3 Å². The molecule has 1 unspecified atom stereocenters. The lowest BCUT2D eigenvalue weighted by molar-refractivity contribution is -0.131. The van der Waals surface area contributed by atoms with Gasteiger partial charge in [-0.15, -0.1) is 11.3 Å². The van der Waals surface area contributed by atoms with Crippen LogP contribution in [0.15, 0.2) is 34.6 Å². The Balaban J connectivity index is 1.69. The first-order valence-electron chi connectivity index (χ1n) is 12.0. The van der Waals surface area contributed by atoms with E-state index in [1.54, 1.807) is 17.5 Å². The number of aliphatic carboxylic acids is 1. The second kappa shape index (κ2) is 10.7. The summed E-state index contributed by atoms with van der Waals surface area (Å²) in [4.78, 5) is 38.5. The second-order valence-corrected chi connectivity index (χ2v) is 10.6. The van der Waals surface area contributed by atoms with Gasteiger partial charge in [0.25, 0.3) is 5.56 Å². The Labute approximate surface area is 209 Å². The molecular weight excluding hydrogens is 462 g/mol. The molecule has 0 spiro atoms. The molecule has 0 amide bonds. The van der Waals surface area contributed by atoms with Crippen LogP contribution in [-0.2, 0) is 17.6 Å². The molecule has 1 aliphatic rings. The smallest absolute Gasteiger partial charge is 0.328 e. The van der Waals surface area contributed by atoms with Crippen molar-refractivity contribution >= 4 is 34.8 Å². The Hall–Kier alpha value is -3.04. The van der Waals surface area contributed by atoms with Crippen molar-refractivity contribution < 1.29 is 9.90 Å². The van der Waals surface area contributed by atoms with Crippen LogP contribution in [0.3, 0.4) is 0 Å². The third-order valence-corrected chi connectivity index (χ3v) is 7.44. The highest BCUT2D eigenvalue weighted by Crippen LogP contribution is 2.24. The van der Waals surface area contributed by atoms with Crippen molar-refractivity contribution in [3.05, 3.63) is 62.0 Å². The topological polar surface area (TPSA) is 91.0 Å². The molecule has 0 radical (unpaired) electrons. The Bertz CT molecular complexity index is 1290. The average Bonchev–Trinajstić information content (AvgIpc) is 3.31. The Morgan fingerprint density at radius 2 is 2.11 bits per heavy atom. The molecular formula is C26H33N5O3S. The van der Waals surface area contributed by atoms with Gasteiger partial charge in [0.1, 0.15) is 11.5 Å². The molecule has 1 atom stereocenters. The van der Waals surface area contributed by atoms with Crippen molar-refractivity contribution in [3.8, 4) is 0 Å². The number of hydrogen-bond acceptors (Lipinski definition) is 7. The van der Waals surface area contributed by atoms with Crippen molar-refractivity contribution in [1.29, 1.82) is 0 Å². The summed E-state index contributed by atoms with van der Waals surface area (Å²) >= 11 is 1.69. The molecule has 35 heavy (non-hydrogen) atoms. The normalized spacial score (nSPS) is 16.7. The van der Waals surface area contributed by atoms with Gasteiger partial charge in [0.2, 0.25) is 0 Å². The van der Waals surface area contributed by atoms with E-state index in [1.807, 2.05) is 12.1 Å². The zero-order chi connectivity index (χ0) is 25.1. The first-order valence-corrected chi connectivity index (χ1v) is 12.9. The van der Waals surface area contributed by atoms with Crippen molar-refractivity contribution in [1.82, 2.24) is 19.3 Å². The van der Waals surface area contributed by atoms with Crippen LogP contribution in [0.1, 0.15) is 54.4 Å². The van der Waals surface area contributed by atoms with Gasteiger partial charge in [0, 0.05) is 43.2 Å². The lowest BCUT2D eigenvalue weighted by Crippen LogP contribution is -2.46. The molecule has 1 saturated heterocycles. The van der Waals surface area contributed by atoms with Crippen LogP contribution in [0.2, 0.25) is 0 Å². The minimum atomic E-state index is -1.09. The number of carbonyl (C=O) groups is 1. The van der Waals surface area contributed by atoms with Gasteiger partial charge in [-0.1, -0.05) is 13.8 Å². The highest BCUT2D eigenvalue weighted by atomic mass is 32.1. The minimum Gasteiger partial charge on any atom is -0.478 e. The number of aromatic nitrogens is 3.